The molecule has 1 unspecified atom stereocenters. The molecule has 58 valence electrons. The van der Waals surface area contributed by atoms with E-state index < -0.39 is 0 Å². The van der Waals surface area contributed by atoms with Crippen LogP contribution in [0.2, 0.25) is 0 Å². The van der Waals surface area contributed by atoms with E-state index in [0.29, 0.717) is 6.04 Å². The van der Waals surface area contributed by atoms with Gasteiger partial charge in [0.1, 0.15) is 0 Å². The van der Waals surface area contributed by atoms with Crippen molar-refractivity contribution < 1.29 is 0 Å². The summed E-state index contributed by atoms with van der Waals surface area (Å²) in [6, 6.07) is 9.18. The topological polar surface area (TPSA) is 12.0 Å². The molecule has 0 radical (unpaired) electrons. The third-order valence-corrected chi connectivity index (χ3v) is 2.24. The third kappa shape index (κ3) is 1.01. The van der Waals surface area contributed by atoms with E-state index in [1.165, 1.54) is 24.1 Å². The lowest BCUT2D eigenvalue weighted by Gasteiger charge is -2.32. The van der Waals surface area contributed by atoms with Gasteiger partial charge in [0.15, 0.2) is 0 Å². The standard InChI is InChI=1S/C10H13N/c1-2-5-9-8-6-3-4-7-10(8)11-9/h3-4,6-7,9,11H,2,5H2,1H3. The van der Waals surface area contributed by atoms with Crippen molar-refractivity contribution in [3.8, 4) is 0 Å². The minimum Gasteiger partial charge on any atom is -0.378 e. The minimum atomic E-state index is 0.635. The van der Waals surface area contributed by atoms with Gasteiger partial charge in [0.05, 0.1) is 6.04 Å². The second kappa shape index (κ2) is 2.57. The molecule has 1 aliphatic heterocycles. The third-order valence-electron chi connectivity index (χ3n) is 2.24. The first-order valence-electron chi connectivity index (χ1n) is 4.27. The maximum atomic E-state index is 3.42. The first-order chi connectivity index (χ1) is 5.42. The van der Waals surface area contributed by atoms with Crippen LogP contribution in [0.15, 0.2) is 24.3 Å². The van der Waals surface area contributed by atoms with Crippen LogP contribution in [0.5, 0.6) is 0 Å². The second-order valence-electron chi connectivity index (χ2n) is 3.07. The molecule has 0 fully saturated rings. The van der Waals surface area contributed by atoms with E-state index in [4.69, 9.17) is 0 Å². The lowest BCUT2D eigenvalue weighted by atomic mass is 9.93. The number of anilines is 1. The average Bonchev–Trinajstić information content (AvgIpc) is 2.01. The molecular formula is C10H13N. The molecule has 1 aromatic rings. The largest absolute Gasteiger partial charge is 0.378 e. The highest BCUT2D eigenvalue weighted by Gasteiger charge is 2.22. The molecule has 1 N–H and O–H groups in total. The van der Waals surface area contributed by atoms with Crippen molar-refractivity contribution >= 4 is 5.69 Å². The lowest BCUT2D eigenvalue weighted by Crippen LogP contribution is -2.21. The van der Waals surface area contributed by atoms with Gasteiger partial charge in [-0.2, -0.15) is 0 Å². The van der Waals surface area contributed by atoms with E-state index in [2.05, 4.69) is 36.5 Å². The van der Waals surface area contributed by atoms with Crippen molar-refractivity contribution in [2.45, 2.75) is 25.8 Å². The van der Waals surface area contributed by atoms with Gasteiger partial charge in [-0.15, -0.1) is 0 Å². The van der Waals surface area contributed by atoms with Gasteiger partial charge in [-0.3, -0.25) is 0 Å². The number of hydrogen-bond acceptors (Lipinski definition) is 1. The molecule has 0 bridgehead atoms. The highest BCUT2D eigenvalue weighted by atomic mass is 15.0. The Morgan fingerprint density at radius 3 is 2.91 bits per heavy atom. The summed E-state index contributed by atoms with van der Waals surface area (Å²) in [6.07, 6.45) is 2.52. The molecule has 0 spiro atoms. The van der Waals surface area contributed by atoms with Crippen LogP contribution >= 0.6 is 0 Å². The molecule has 0 saturated carbocycles. The summed E-state index contributed by atoms with van der Waals surface area (Å²) in [5.41, 5.74) is 2.82. The van der Waals surface area contributed by atoms with Gasteiger partial charge in [0.2, 0.25) is 0 Å². The van der Waals surface area contributed by atoms with Crippen LogP contribution in [0.1, 0.15) is 31.4 Å². The van der Waals surface area contributed by atoms with Gasteiger partial charge in [0.25, 0.3) is 0 Å². The normalized spacial score (nSPS) is 19.9. The highest BCUT2D eigenvalue weighted by molar-refractivity contribution is 5.62. The summed E-state index contributed by atoms with van der Waals surface area (Å²) in [4.78, 5) is 0. The first-order valence-corrected chi connectivity index (χ1v) is 4.27. The molecule has 0 aliphatic carbocycles. The fourth-order valence-electron chi connectivity index (χ4n) is 1.64. The molecule has 2 rings (SSSR count). The van der Waals surface area contributed by atoms with E-state index in [1.807, 2.05) is 0 Å². The van der Waals surface area contributed by atoms with E-state index in [9.17, 15) is 0 Å². The van der Waals surface area contributed by atoms with Gasteiger partial charge >= 0.3 is 0 Å². The van der Waals surface area contributed by atoms with Crippen LogP contribution in [0, 0.1) is 0 Å². The van der Waals surface area contributed by atoms with E-state index >= 15 is 0 Å². The fraction of sp³-hybridized carbons (Fsp3) is 0.400. The summed E-state index contributed by atoms with van der Waals surface area (Å²) in [6.45, 7) is 2.22. The summed E-state index contributed by atoms with van der Waals surface area (Å²) in [5, 5.41) is 3.42. The van der Waals surface area contributed by atoms with Crippen molar-refractivity contribution in [2.75, 3.05) is 5.32 Å². The zero-order valence-electron chi connectivity index (χ0n) is 6.80. The Morgan fingerprint density at radius 1 is 1.36 bits per heavy atom. The maximum Gasteiger partial charge on any atom is 0.0534 e. The second-order valence-corrected chi connectivity index (χ2v) is 3.07. The molecule has 0 saturated heterocycles. The van der Waals surface area contributed by atoms with Gasteiger partial charge < -0.3 is 5.32 Å². The summed E-state index contributed by atoms with van der Waals surface area (Å²) in [7, 11) is 0. The Hall–Kier alpha value is -0.980. The predicted molar refractivity (Wildman–Crippen MR) is 47.7 cm³/mol. The molecule has 11 heavy (non-hydrogen) atoms. The fourth-order valence-corrected chi connectivity index (χ4v) is 1.64. The zero-order valence-corrected chi connectivity index (χ0v) is 6.80. The molecule has 1 heteroatoms. The van der Waals surface area contributed by atoms with Crippen molar-refractivity contribution in [1.29, 1.82) is 0 Å². The van der Waals surface area contributed by atoms with Crippen molar-refractivity contribution in [1.82, 2.24) is 0 Å². The monoisotopic (exact) mass is 147 g/mol. The summed E-state index contributed by atoms with van der Waals surface area (Å²) >= 11 is 0. The van der Waals surface area contributed by atoms with Gasteiger partial charge in [-0.25, -0.2) is 0 Å². The van der Waals surface area contributed by atoms with Gasteiger partial charge in [-0.05, 0) is 18.1 Å². The molecule has 1 aliphatic rings. The van der Waals surface area contributed by atoms with Gasteiger partial charge in [-0.1, -0.05) is 31.5 Å². The van der Waals surface area contributed by atoms with Crippen LogP contribution in [0.3, 0.4) is 0 Å². The first kappa shape index (κ1) is 6.71. The number of fused-ring (bicyclic) bond motifs is 1. The Labute approximate surface area is 67.4 Å². The minimum absolute atomic E-state index is 0.635. The van der Waals surface area contributed by atoms with E-state index in [1.54, 1.807) is 0 Å². The van der Waals surface area contributed by atoms with E-state index in [-0.39, 0.29) is 0 Å². The number of nitrogens with one attached hydrogen (secondary N) is 1. The Morgan fingerprint density at radius 2 is 2.18 bits per heavy atom. The summed E-state index contributed by atoms with van der Waals surface area (Å²) < 4.78 is 0. The molecular weight excluding hydrogens is 134 g/mol. The molecule has 1 atom stereocenters. The predicted octanol–water partition coefficient (Wildman–Crippen LogP) is 2.95. The average molecular weight is 147 g/mol. The number of para-hydroxylation sites is 1. The number of benzene rings is 1. The molecule has 1 nitrogen and oxygen atoms in total. The van der Waals surface area contributed by atoms with Crippen LogP contribution in [-0.2, 0) is 0 Å². The van der Waals surface area contributed by atoms with E-state index in [0.717, 1.165) is 0 Å². The Bertz CT molecular complexity index is 255. The Balaban J connectivity index is 2.16. The van der Waals surface area contributed by atoms with Gasteiger partial charge in [0, 0.05) is 5.69 Å². The molecule has 0 amide bonds. The highest BCUT2D eigenvalue weighted by Crippen LogP contribution is 2.37. The van der Waals surface area contributed by atoms with Crippen LogP contribution < -0.4 is 5.32 Å². The van der Waals surface area contributed by atoms with Crippen molar-refractivity contribution in [3.05, 3.63) is 29.8 Å². The number of rotatable bonds is 2. The quantitative estimate of drug-likeness (QED) is 0.678. The van der Waals surface area contributed by atoms with Crippen LogP contribution in [0.4, 0.5) is 5.69 Å². The Kier molecular flexibility index (Phi) is 1.57. The zero-order chi connectivity index (χ0) is 7.68. The van der Waals surface area contributed by atoms with Crippen LogP contribution in [0.25, 0.3) is 0 Å². The lowest BCUT2D eigenvalue weighted by molar-refractivity contribution is 0.644. The number of hydrogen-bond donors (Lipinski definition) is 1. The van der Waals surface area contributed by atoms with Crippen LogP contribution in [-0.4, -0.2) is 0 Å². The summed E-state index contributed by atoms with van der Waals surface area (Å²) in [5.74, 6) is 0. The molecule has 0 aromatic heterocycles. The van der Waals surface area contributed by atoms with Crippen molar-refractivity contribution in [2.24, 2.45) is 0 Å². The molecule has 1 heterocycles. The maximum absolute atomic E-state index is 3.42. The smallest absolute Gasteiger partial charge is 0.0534 e. The van der Waals surface area contributed by atoms with Crippen molar-refractivity contribution in [3.63, 3.8) is 0 Å². The molecule has 1 aromatic carbocycles. The SMILES string of the molecule is CCCC1Nc2ccccc21.